The molecule has 7 nitrogen and oxygen atoms in total. The van der Waals surface area contributed by atoms with Crippen LogP contribution in [0.3, 0.4) is 0 Å². The Hall–Kier alpha value is -3.52. The van der Waals surface area contributed by atoms with Crippen molar-refractivity contribution < 1.29 is 14.1 Å². The van der Waals surface area contributed by atoms with E-state index < -0.39 is 0 Å². The fourth-order valence-corrected chi connectivity index (χ4v) is 3.14. The Labute approximate surface area is 165 Å². The number of carbonyl (C=O) groups excluding carboxylic acids is 1. The quantitative estimate of drug-likeness (QED) is 0.540. The van der Waals surface area contributed by atoms with E-state index in [1.165, 1.54) is 11.5 Å². The first-order valence-corrected chi connectivity index (χ1v) is 9.28. The van der Waals surface area contributed by atoms with Crippen LogP contribution < -0.4 is 10.1 Å². The number of amides is 1. The molecule has 0 saturated heterocycles. The number of benzene rings is 2. The van der Waals surface area contributed by atoms with E-state index in [2.05, 4.69) is 20.1 Å². The van der Waals surface area contributed by atoms with Crippen LogP contribution >= 0.6 is 11.5 Å². The third-order valence-electron chi connectivity index (χ3n) is 4.26. The first-order chi connectivity index (χ1) is 13.6. The number of ether oxygens (including phenoxy) is 1. The van der Waals surface area contributed by atoms with E-state index in [0.29, 0.717) is 11.4 Å². The van der Waals surface area contributed by atoms with Crippen molar-refractivity contribution in [3.63, 3.8) is 0 Å². The van der Waals surface area contributed by atoms with Gasteiger partial charge in [-0.3, -0.25) is 4.79 Å². The molecule has 1 N–H and O–H groups in total. The smallest absolute Gasteiger partial charge is 0.294 e. The number of aryl methyl sites for hydroxylation is 1. The molecule has 28 heavy (non-hydrogen) atoms. The Morgan fingerprint density at radius 2 is 1.86 bits per heavy atom. The molecule has 0 bridgehead atoms. The third-order valence-corrected chi connectivity index (χ3v) is 4.77. The fraction of sp³-hybridized carbons (Fsp3) is 0.100. The van der Waals surface area contributed by atoms with Gasteiger partial charge in [0.05, 0.1) is 7.11 Å². The minimum absolute atomic E-state index is 0.131. The molecule has 140 valence electrons. The van der Waals surface area contributed by atoms with Crippen molar-refractivity contribution in [2.75, 3.05) is 12.4 Å². The molecule has 2 aromatic carbocycles. The van der Waals surface area contributed by atoms with Gasteiger partial charge in [-0.15, -0.1) is 5.10 Å². The number of nitrogens with zero attached hydrogens (tertiary/aromatic N) is 3. The molecular formula is C20H16N4O3S. The SMILES string of the molecule is COc1ccc(-c2cc(C(=O)Nc3cc(-c4csnn4)ccc3C)on2)cc1. The minimum atomic E-state index is -0.371. The first-order valence-electron chi connectivity index (χ1n) is 8.44. The predicted octanol–water partition coefficient (Wildman–Crippen LogP) is 4.43. The van der Waals surface area contributed by atoms with E-state index in [1.807, 2.05) is 54.8 Å². The van der Waals surface area contributed by atoms with Gasteiger partial charge in [-0.1, -0.05) is 21.8 Å². The second-order valence-corrected chi connectivity index (χ2v) is 6.69. The minimum Gasteiger partial charge on any atom is -0.497 e. The molecule has 0 aliphatic heterocycles. The van der Waals surface area contributed by atoms with Crippen molar-refractivity contribution in [1.82, 2.24) is 14.7 Å². The van der Waals surface area contributed by atoms with Crippen LogP contribution in [0, 0.1) is 6.92 Å². The van der Waals surface area contributed by atoms with Gasteiger partial charge in [-0.05, 0) is 54.4 Å². The molecule has 0 fully saturated rings. The number of rotatable bonds is 5. The number of nitrogens with one attached hydrogen (secondary N) is 1. The van der Waals surface area contributed by atoms with Gasteiger partial charge in [-0.2, -0.15) is 0 Å². The normalized spacial score (nSPS) is 10.6. The molecule has 2 aromatic heterocycles. The van der Waals surface area contributed by atoms with E-state index >= 15 is 0 Å². The summed E-state index contributed by atoms with van der Waals surface area (Å²) in [5.41, 5.74) is 4.66. The lowest BCUT2D eigenvalue weighted by Crippen LogP contribution is -2.12. The van der Waals surface area contributed by atoms with Crippen molar-refractivity contribution in [3.05, 3.63) is 65.2 Å². The van der Waals surface area contributed by atoms with Gasteiger partial charge < -0.3 is 14.6 Å². The van der Waals surface area contributed by atoms with E-state index in [0.717, 1.165) is 28.1 Å². The summed E-state index contributed by atoms with van der Waals surface area (Å²) in [6.07, 6.45) is 0. The van der Waals surface area contributed by atoms with Crippen molar-refractivity contribution in [2.45, 2.75) is 6.92 Å². The molecule has 0 radical (unpaired) electrons. The summed E-state index contributed by atoms with van der Waals surface area (Å²) in [6, 6.07) is 14.7. The van der Waals surface area contributed by atoms with Gasteiger partial charge in [0.25, 0.3) is 5.91 Å². The Morgan fingerprint density at radius 3 is 2.57 bits per heavy atom. The van der Waals surface area contributed by atoms with Gasteiger partial charge >= 0.3 is 0 Å². The summed E-state index contributed by atoms with van der Waals surface area (Å²) in [6.45, 7) is 1.92. The van der Waals surface area contributed by atoms with Gasteiger partial charge in [-0.25, -0.2) is 0 Å². The highest BCUT2D eigenvalue weighted by molar-refractivity contribution is 7.03. The Morgan fingerprint density at radius 1 is 1.07 bits per heavy atom. The van der Waals surface area contributed by atoms with Crippen LogP contribution in [0.2, 0.25) is 0 Å². The second kappa shape index (κ2) is 7.61. The lowest BCUT2D eigenvalue weighted by atomic mass is 10.1. The summed E-state index contributed by atoms with van der Waals surface area (Å²) in [5, 5.41) is 12.8. The molecule has 2 heterocycles. The summed E-state index contributed by atoms with van der Waals surface area (Å²) in [5.74, 6) is 0.505. The molecule has 0 aliphatic rings. The number of hydrogen-bond acceptors (Lipinski definition) is 7. The van der Waals surface area contributed by atoms with Crippen LogP contribution in [-0.4, -0.2) is 27.8 Å². The first kappa shape index (κ1) is 17.9. The average molecular weight is 392 g/mol. The van der Waals surface area contributed by atoms with Crippen LogP contribution in [0.1, 0.15) is 16.1 Å². The maximum absolute atomic E-state index is 12.6. The number of anilines is 1. The maximum atomic E-state index is 12.6. The standard InChI is InChI=1S/C20H16N4O3S/c1-12-3-4-14(18-11-28-24-22-18)9-16(12)21-20(25)19-10-17(23-27-19)13-5-7-15(26-2)8-6-13/h3-11H,1-2H3,(H,21,25). The molecule has 4 aromatic rings. The second-order valence-electron chi connectivity index (χ2n) is 6.08. The Bertz CT molecular complexity index is 1100. The highest BCUT2D eigenvalue weighted by Crippen LogP contribution is 2.26. The van der Waals surface area contributed by atoms with Gasteiger partial charge in [0.15, 0.2) is 0 Å². The highest BCUT2D eigenvalue weighted by atomic mass is 32.1. The molecule has 0 aliphatic carbocycles. The largest absolute Gasteiger partial charge is 0.497 e. The zero-order valence-corrected chi connectivity index (χ0v) is 16.0. The van der Waals surface area contributed by atoms with Crippen molar-refractivity contribution in [1.29, 1.82) is 0 Å². The number of hydrogen-bond donors (Lipinski definition) is 1. The van der Waals surface area contributed by atoms with Gasteiger partial charge in [0, 0.05) is 28.3 Å². The lowest BCUT2D eigenvalue weighted by Gasteiger charge is -2.08. The van der Waals surface area contributed by atoms with Crippen LogP contribution in [0.15, 0.2) is 58.4 Å². The third kappa shape index (κ3) is 3.63. The van der Waals surface area contributed by atoms with Crippen LogP contribution in [0.5, 0.6) is 5.75 Å². The zero-order chi connectivity index (χ0) is 19.5. The van der Waals surface area contributed by atoms with Crippen LogP contribution in [-0.2, 0) is 0 Å². The Balaban J connectivity index is 1.54. The monoisotopic (exact) mass is 392 g/mol. The zero-order valence-electron chi connectivity index (χ0n) is 15.2. The molecular weight excluding hydrogens is 376 g/mol. The number of methoxy groups -OCH3 is 1. The topological polar surface area (TPSA) is 90.1 Å². The summed E-state index contributed by atoms with van der Waals surface area (Å²) < 4.78 is 14.3. The summed E-state index contributed by atoms with van der Waals surface area (Å²) in [4.78, 5) is 12.6. The molecule has 0 spiro atoms. The summed E-state index contributed by atoms with van der Waals surface area (Å²) >= 11 is 1.28. The lowest BCUT2D eigenvalue weighted by molar-refractivity contribution is 0.0988. The van der Waals surface area contributed by atoms with Crippen molar-refractivity contribution >= 4 is 23.1 Å². The molecule has 0 saturated carbocycles. The molecule has 4 rings (SSSR count). The van der Waals surface area contributed by atoms with Gasteiger partial charge in [0.2, 0.25) is 5.76 Å². The summed E-state index contributed by atoms with van der Waals surface area (Å²) in [7, 11) is 1.61. The number of aromatic nitrogens is 3. The fourth-order valence-electron chi connectivity index (χ4n) is 2.67. The number of carbonyl (C=O) groups is 1. The molecule has 1 amide bonds. The molecule has 0 unspecified atom stereocenters. The van der Waals surface area contributed by atoms with E-state index in [1.54, 1.807) is 13.2 Å². The van der Waals surface area contributed by atoms with Crippen molar-refractivity contribution in [3.8, 4) is 28.3 Å². The highest BCUT2D eigenvalue weighted by Gasteiger charge is 2.16. The van der Waals surface area contributed by atoms with E-state index in [-0.39, 0.29) is 11.7 Å². The van der Waals surface area contributed by atoms with Gasteiger partial charge in [0.1, 0.15) is 17.1 Å². The van der Waals surface area contributed by atoms with E-state index in [4.69, 9.17) is 9.26 Å². The molecule has 8 heteroatoms. The average Bonchev–Trinajstić information content (AvgIpc) is 3.42. The van der Waals surface area contributed by atoms with Crippen LogP contribution in [0.4, 0.5) is 5.69 Å². The van der Waals surface area contributed by atoms with Crippen LogP contribution in [0.25, 0.3) is 22.5 Å². The molecule has 0 atom stereocenters. The Kier molecular flexibility index (Phi) is 4.86. The van der Waals surface area contributed by atoms with E-state index in [9.17, 15) is 4.79 Å². The predicted molar refractivity (Wildman–Crippen MR) is 107 cm³/mol. The van der Waals surface area contributed by atoms with Crippen molar-refractivity contribution in [2.24, 2.45) is 0 Å². The maximum Gasteiger partial charge on any atom is 0.294 e.